The minimum absolute atomic E-state index is 0.120. The molecule has 3 N–H and O–H groups in total. The van der Waals surface area contributed by atoms with Gasteiger partial charge in [0.15, 0.2) is 0 Å². The van der Waals surface area contributed by atoms with Gasteiger partial charge in [-0.3, -0.25) is 10.1 Å². The standard InChI is InChI=1S/C10H16N4O2/c1-2-7(11)5-8(15)12-10-14-13-9(16-10)6-3-4-6/h6-7H,2-5,11H2,1H3,(H,12,14,15). The molecule has 0 spiro atoms. The van der Waals surface area contributed by atoms with Gasteiger partial charge < -0.3 is 10.2 Å². The van der Waals surface area contributed by atoms with Crippen molar-refractivity contribution < 1.29 is 9.21 Å². The Bertz CT molecular complexity index is 373. The summed E-state index contributed by atoms with van der Waals surface area (Å²) in [6.07, 6.45) is 3.23. The first kappa shape index (κ1) is 11.1. The predicted molar refractivity (Wildman–Crippen MR) is 57.8 cm³/mol. The number of carbonyl (C=O) groups is 1. The minimum Gasteiger partial charge on any atom is -0.408 e. The molecular weight excluding hydrogens is 208 g/mol. The van der Waals surface area contributed by atoms with E-state index in [1.165, 1.54) is 0 Å². The lowest BCUT2D eigenvalue weighted by atomic mass is 10.2. The number of hydrogen-bond donors (Lipinski definition) is 2. The molecular formula is C10H16N4O2. The van der Waals surface area contributed by atoms with Crippen LogP contribution in [0, 0.1) is 0 Å². The van der Waals surface area contributed by atoms with Crippen molar-refractivity contribution >= 4 is 11.9 Å². The van der Waals surface area contributed by atoms with Crippen LogP contribution in [0.5, 0.6) is 0 Å². The Morgan fingerprint density at radius 3 is 3.00 bits per heavy atom. The maximum absolute atomic E-state index is 11.5. The van der Waals surface area contributed by atoms with Gasteiger partial charge in [-0.15, -0.1) is 5.10 Å². The van der Waals surface area contributed by atoms with Gasteiger partial charge in [0, 0.05) is 18.4 Å². The Morgan fingerprint density at radius 2 is 2.38 bits per heavy atom. The summed E-state index contributed by atoms with van der Waals surface area (Å²) in [6.45, 7) is 1.94. The summed E-state index contributed by atoms with van der Waals surface area (Å²) in [5.41, 5.74) is 5.66. The number of nitrogens with two attached hydrogens (primary N) is 1. The van der Waals surface area contributed by atoms with Crippen LogP contribution in [-0.4, -0.2) is 22.1 Å². The average molecular weight is 224 g/mol. The van der Waals surface area contributed by atoms with Crippen LogP contribution < -0.4 is 11.1 Å². The van der Waals surface area contributed by atoms with Gasteiger partial charge in [0.05, 0.1) is 0 Å². The van der Waals surface area contributed by atoms with Crippen LogP contribution in [0.2, 0.25) is 0 Å². The third-order valence-corrected chi connectivity index (χ3v) is 2.59. The number of nitrogens with one attached hydrogen (secondary N) is 1. The predicted octanol–water partition coefficient (Wildman–Crippen LogP) is 1.01. The summed E-state index contributed by atoms with van der Waals surface area (Å²) in [7, 11) is 0. The number of aromatic nitrogens is 2. The molecule has 0 aliphatic heterocycles. The van der Waals surface area contributed by atoms with E-state index in [0.29, 0.717) is 11.8 Å². The van der Waals surface area contributed by atoms with Crippen LogP contribution in [0.15, 0.2) is 4.42 Å². The van der Waals surface area contributed by atoms with E-state index in [1.54, 1.807) is 0 Å². The molecule has 0 bridgehead atoms. The van der Waals surface area contributed by atoms with Gasteiger partial charge in [0.2, 0.25) is 11.8 Å². The second kappa shape index (κ2) is 4.61. The molecule has 1 heterocycles. The second-order valence-corrected chi connectivity index (χ2v) is 4.14. The van der Waals surface area contributed by atoms with Gasteiger partial charge in [-0.25, -0.2) is 0 Å². The average Bonchev–Trinajstić information content (AvgIpc) is 3.00. The lowest BCUT2D eigenvalue weighted by Gasteiger charge is -2.06. The molecule has 1 aromatic rings. The zero-order chi connectivity index (χ0) is 11.5. The van der Waals surface area contributed by atoms with Gasteiger partial charge in [0.1, 0.15) is 0 Å². The molecule has 2 rings (SSSR count). The third-order valence-electron chi connectivity index (χ3n) is 2.59. The van der Waals surface area contributed by atoms with E-state index in [2.05, 4.69) is 15.5 Å². The first-order valence-electron chi connectivity index (χ1n) is 5.58. The summed E-state index contributed by atoms with van der Waals surface area (Å²) in [5.74, 6) is 0.839. The SMILES string of the molecule is CCC(N)CC(=O)Nc1nnc(C2CC2)o1. The Hall–Kier alpha value is -1.43. The summed E-state index contributed by atoms with van der Waals surface area (Å²) >= 11 is 0. The summed E-state index contributed by atoms with van der Waals surface area (Å²) in [6, 6.07) is 0.0565. The topological polar surface area (TPSA) is 94.0 Å². The van der Waals surface area contributed by atoms with E-state index >= 15 is 0 Å². The highest BCUT2D eigenvalue weighted by Crippen LogP contribution is 2.39. The maximum Gasteiger partial charge on any atom is 0.322 e. The minimum atomic E-state index is -0.180. The van der Waals surface area contributed by atoms with Crippen molar-refractivity contribution in [3.63, 3.8) is 0 Å². The first-order valence-corrected chi connectivity index (χ1v) is 5.58. The molecule has 1 aliphatic rings. The van der Waals surface area contributed by atoms with Crippen molar-refractivity contribution in [1.29, 1.82) is 0 Å². The lowest BCUT2D eigenvalue weighted by molar-refractivity contribution is -0.116. The smallest absolute Gasteiger partial charge is 0.322 e. The molecule has 1 unspecified atom stereocenters. The van der Waals surface area contributed by atoms with E-state index in [1.807, 2.05) is 6.92 Å². The fraction of sp³-hybridized carbons (Fsp3) is 0.700. The van der Waals surface area contributed by atoms with Crippen molar-refractivity contribution in [2.24, 2.45) is 5.73 Å². The molecule has 88 valence electrons. The maximum atomic E-state index is 11.5. The highest BCUT2D eigenvalue weighted by molar-refractivity contribution is 5.88. The van der Waals surface area contributed by atoms with Crippen molar-refractivity contribution in [3.8, 4) is 0 Å². The molecule has 1 amide bonds. The Balaban J connectivity index is 1.85. The van der Waals surface area contributed by atoms with Crippen molar-refractivity contribution in [3.05, 3.63) is 5.89 Å². The van der Waals surface area contributed by atoms with E-state index in [4.69, 9.17) is 10.2 Å². The van der Waals surface area contributed by atoms with E-state index in [0.717, 1.165) is 19.3 Å². The quantitative estimate of drug-likeness (QED) is 0.778. The molecule has 1 saturated carbocycles. The number of anilines is 1. The van der Waals surface area contributed by atoms with Crippen LogP contribution in [0.4, 0.5) is 6.01 Å². The highest BCUT2D eigenvalue weighted by Gasteiger charge is 2.29. The lowest BCUT2D eigenvalue weighted by Crippen LogP contribution is -2.26. The molecule has 1 aromatic heterocycles. The van der Waals surface area contributed by atoms with Crippen molar-refractivity contribution in [1.82, 2.24) is 10.2 Å². The number of hydrogen-bond acceptors (Lipinski definition) is 5. The zero-order valence-corrected chi connectivity index (χ0v) is 9.27. The molecule has 0 saturated heterocycles. The molecule has 6 nitrogen and oxygen atoms in total. The molecule has 0 aromatic carbocycles. The highest BCUT2D eigenvalue weighted by atomic mass is 16.4. The molecule has 0 radical (unpaired) electrons. The largest absolute Gasteiger partial charge is 0.408 e. The number of rotatable bonds is 5. The summed E-state index contributed by atoms with van der Waals surface area (Å²) in [4.78, 5) is 11.5. The monoisotopic (exact) mass is 224 g/mol. The fourth-order valence-corrected chi connectivity index (χ4v) is 1.33. The number of carbonyl (C=O) groups excluding carboxylic acids is 1. The van der Waals surface area contributed by atoms with Crippen molar-refractivity contribution in [2.75, 3.05) is 5.32 Å². The Morgan fingerprint density at radius 1 is 1.62 bits per heavy atom. The van der Waals surface area contributed by atoms with E-state index in [-0.39, 0.29) is 24.4 Å². The molecule has 6 heteroatoms. The normalized spacial score (nSPS) is 17.1. The van der Waals surface area contributed by atoms with Crippen LogP contribution in [0.1, 0.15) is 44.4 Å². The van der Waals surface area contributed by atoms with Crippen LogP contribution in [-0.2, 0) is 4.79 Å². The summed E-state index contributed by atoms with van der Waals surface area (Å²) < 4.78 is 5.30. The second-order valence-electron chi connectivity index (χ2n) is 4.14. The first-order chi connectivity index (χ1) is 7.69. The summed E-state index contributed by atoms with van der Waals surface area (Å²) in [5, 5.41) is 10.2. The molecule has 1 fully saturated rings. The van der Waals surface area contributed by atoms with Crippen LogP contribution in [0.3, 0.4) is 0 Å². The van der Waals surface area contributed by atoms with Gasteiger partial charge in [-0.2, -0.15) is 0 Å². The van der Waals surface area contributed by atoms with Crippen molar-refractivity contribution in [2.45, 2.75) is 44.6 Å². The van der Waals surface area contributed by atoms with E-state index < -0.39 is 0 Å². The van der Waals surface area contributed by atoms with Gasteiger partial charge >= 0.3 is 6.01 Å². The molecule has 1 aliphatic carbocycles. The van der Waals surface area contributed by atoms with E-state index in [9.17, 15) is 4.79 Å². The van der Waals surface area contributed by atoms with Gasteiger partial charge in [-0.1, -0.05) is 12.0 Å². The fourth-order valence-electron chi connectivity index (χ4n) is 1.33. The number of nitrogens with zero attached hydrogens (tertiary/aromatic N) is 2. The number of amides is 1. The third kappa shape index (κ3) is 2.79. The Kier molecular flexibility index (Phi) is 3.19. The van der Waals surface area contributed by atoms with Crippen LogP contribution >= 0.6 is 0 Å². The Labute approximate surface area is 93.6 Å². The zero-order valence-electron chi connectivity index (χ0n) is 9.27. The van der Waals surface area contributed by atoms with Gasteiger partial charge in [-0.05, 0) is 19.3 Å². The van der Waals surface area contributed by atoms with Gasteiger partial charge in [0.25, 0.3) is 0 Å². The van der Waals surface area contributed by atoms with Crippen LogP contribution in [0.25, 0.3) is 0 Å². The molecule has 16 heavy (non-hydrogen) atoms. The molecule has 1 atom stereocenters.